The van der Waals surface area contributed by atoms with E-state index in [-0.39, 0.29) is 0 Å². The lowest BCUT2D eigenvalue weighted by Gasteiger charge is -2.18. The Morgan fingerprint density at radius 1 is 1.36 bits per heavy atom. The molecule has 0 saturated carbocycles. The van der Waals surface area contributed by atoms with E-state index in [4.69, 9.17) is 0 Å². The highest BCUT2D eigenvalue weighted by Crippen LogP contribution is 2.12. The molecule has 0 rings (SSSR count). The van der Waals surface area contributed by atoms with Gasteiger partial charge in [-0.15, -0.1) is 0 Å². The summed E-state index contributed by atoms with van der Waals surface area (Å²) < 4.78 is 22.8. The van der Waals surface area contributed by atoms with E-state index in [9.17, 15) is 13.2 Å². The van der Waals surface area contributed by atoms with Gasteiger partial charge in [0, 0.05) is 0 Å². The van der Waals surface area contributed by atoms with Gasteiger partial charge < -0.3 is 5.73 Å². The minimum absolute atomic E-state index is 1.01. The number of nitrogens with one attached hydrogen (secondary N) is 1. The van der Waals surface area contributed by atoms with Crippen molar-refractivity contribution in [3.05, 3.63) is 0 Å². The minimum Gasteiger partial charge on any atom is -0.351 e. The van der Waals surface area contributed by atoms with E-state index in [0.29, 0.717) is 0 Å². The first kappa shape index (κ1) is 10.2. The van der Waals surface area contributed by atoms with E-state index in [0.717, 1.165) is 0 Å². The van der Waals surface area contributed by atoms with Gasteiger partial charge in [-0.3, -0.25) is 0 Å². The molecule has 0 aromatic carbocycles. The SMILES string of the molecule is CC(C)(C)S(=O)(=O)NC(N)=O. The number of amides is 2. The molecule has 6 heteroatoms. The van der Waals surface area contributed by atoms with Crippen LogP contribution in [0.2, 0.25) is 0 Å². The standard InChI is InChI=1S/C5H12N2O3S/c1-5(2,3)11(9,10)7-4(6)8/h1-3H3,(H3,6,7,8). The largest absolute Gasteiger partial charge is 0.351 e. The maximum atomic E-state index is 11.1. The third-order valence-electron chi connectivity index (χ3n) is 1.04. The zero-order valence-corrected chi connectivity index (χ0v) is 7.53. The average Bonchev–Trinajstić information content (AvgIpc) is 1.56. The Balaban J connectivity index is 4.64. The van der Waals surface area contributed by atoms with E-state index < -0.39 is 20.8 Å². The average molecular weight is 180 g/mol. The summed E-state index contributed by atoms with van der Waals surface area (Å²) in [4.78, 5) is 10.2. The number of primary amides is 1. The molecule has 5 nitrogen and oxygen atoms in total. The van der Waals surface area contributed by atoms with Crippen LogP contribution in [0.5, 0.6) is 0 Å². The van der Waals surface area contributed by atoms with Crippen molar-refractivity contribution in [2.24, 2.45) is 5.73 Å². The van der Waals surface area contributed by atoms with Gasteiger partial charge in [-0.1, -0.05) is 0 Å². The molecule has 66 valence electrons. The lowest BCUT2D eigenvalue weighted by atomic mass is 10.3. The zero-order valence-electron chi connectivity index (χ0n) is 6.71. The maximum Gasteiger partial charge on any atom is 0.325 e. The number of sulfonamides is 1. The zero-order chi connectivity index (χ0) is 9.28. The van der Waals surface area contributed by atoms with Gasteiger partial charge in [-0.05, 0) is 20.8 Å². The van der Waals surface area contributed by atoms with Crippen LogP contribution in [0.15, 0.2) is 0 Å². The fourth-order valence-electron chi connectivity index (χ4n) is 0.286. The Bertz CT molecular complexity index is 249. The van der Waals surface area contributed by atoms with Crippen LogP contribution in [0.1, 0.15) is 20.8 Å². The van der Waals surface area contributed by atoms with Crippen molar-refractivity contribution in [3.8, 4) is 0 Å². The molecule has 2 amide bonds. The van der Waals surface area contributed by atoms with Crippen LogP contribution in [0.3, 0.4) is 0 Å². The van der Waals surface area contributed by atoms with Crippen molar-refractivity contribution in [2.45, 2.75) is 25.5 Å². The molecular formula is C5H12N2O3S. The molecule has 0 aromatic rings. The predicted molar refractivity (Wildman–Crippen MR) is 41.4 cm³/mol. The van der Waals surface area contributed by atoms with E-state index in [1.54, 1.807) is 4.72 Å². The van der Waals surface area contributed by atoms with Crippen molar-refractivity contribution >= 4 is 16.1 Å². The van der Waals surface area contributed by atoms with Crippen molar-refractivity contribution < 1.29 is 13.2 Å². The Kier molecular flexibility index (Phi) is 2.50. The van der Waals surface area contributed by atoms with Gasteiger partial charge in [0.1, 0.15) is 0 Å². The molecule has 11 heavy (non-hydrogen) atoms. The topological polar surface area (TPSA) is 89.3 Å². The molecule has 0 bridgehead atoms. The normalized spacial score (nSPS) is 12.6. The summed E-state index contributed by atoms with van der Waals surface area (Å²) in [5, 5.41) is 0. The molecule has 0 heterocycles. The molecule has 0 aromatic heterocycles. The van der Waals surface area contributed by atoms with Crippen molar-refractivity contribution in [1.29, 1.82) is 0 Å². The van der Waals surface area contributed by atoms with Gasteiger partial charge in [0.15, 0.2) is 0 Å². The number of carbonyl (C=O) groups is 1. The number of nitrogens with two attached hydrogens (primary N) is 1. The summed E-state index contributed by atoms with van der Waals surface area (Å²) in [5.41, 5.74) is 4.65. The summed E-state index contributed by atoms with van der Waals surface area (Å²) in [6.07, 6.45) is 0. The van der Waals surface area contributed by atoms with Gasteiger partial charge in [0.05, 0.1) is 4.75 Å². The predicted octanol–water partition coefficient (Wildman–Crippen LogP) is -0.217. The van der Waals surface area contributed by atoms with Crippen LogP contribution < -0.4 is 10.5 Å². The molecular weight excluding hydrogens is 168 g/mol. The second kappa shape index (κ2) is 2.69. The Morgan fingerprint density at radius 3 is 1.82 bits per heavy atom. The fourth-order valence-corrected chi connectivity index (χ4v) is 0.857. The van der Waals surface area contributed by atoms with E-state index in [1.807, 2.05) is 0 Å². The van der Waals surface area contributed by atoms with Crippen LogP contribution in [0.25, 0.3) is 0 Å². The van der Waals surface area contributed by atoms with Crippen LogP contribution in [-0.2, 0) is 10.0 Å². The maximum absolute atomic E-state index is 11.1. The van der Waals surface area contributed by atoms with Crippen molar-refractivity contribution in [1.82, 2.24) is 4.72 Å². The summed E-state index contributed by atoms with van der Waals surface area (Å²) >= 11 is 0. The highest BCUT2D eigenvalue weighted by molar-refractivity contribution is 7.91. The van der Waals surface area contributed by atoms with Crippen LogP contribution in [0.4, 0.5) is 4.79 Å². The van der Waals surface area contributed by atoms with Gasteiger partial charge in [-0.2, -0.15) is 0 Å². The summed E-state index contributed by atoms with van der Waals surface area (Å²) in [6.45, 7) is 4.41. The monoisotopic (exact) mass is 180 g/mol. The number of hydrogen-bond donors (Lipinski definition) is 2. The summed E-state index contributed by atoms with van der Waals surface area (Å²) in [5.74, 6) is 0. The number of urea groups is 1. The molecule has 0 aliphatic carbocycles. The molecule has 0 aliphatic rings. The highest BCUT2D eigenvalue weighted by Gasteiger charge is 2.29. The third-order valence-corrected chi connectivity index (χ3v) is 3.12. The number of hydrogen-bond acceptors (Lipinski definition) is 3. The molecule has 0 unspecified atom stereocenters. The van der Waals surface area contributed by atoms with E-state index >= 15 is 0 Å². The first-order chi connectivity index (χ1) is 4.67. The molecule has 0 saturated heterocycles. The molecule has 0 spiro atoms. The lowest BCUT2D eigenvalue weighted by molar-refractivity contribution is 0.253. The molecule has 0 radical (unpaired) electrons. The highest BCUT2D eigenvalue weighted by atomic mass is 32.2. The van der Waals surface area contributed by atoms with Crippen molar-refractivity contribution in [3.63, 3.8) is 0 Å². The third kappa shape index (κ3) is 2.75. The molecule has 0 fully saturated rings. The lowest BCUT2D eigenvalue weighted by Crippen LogP contribution is -2.44. The van der Waals surface area contributed by atoms with E-state index in [1.165, 1.54) is 20.8 Å². The fraction of sp³-hybridized carbons (Fsp3) is 0.800. The quantitative estimate of drug-likeness (QED) is 0.584. The van der Waals surface area contributed by atoms with Gasteiger partial charge in [-0.25, -0.2) is 17.9 Å². The minimum atomic E-state index is -3.62. The van der Waals surface area contributed by atoms with Crippen LogP contribution in [0, 0.1) is 0 Å². The molecule has 3 N–H and O–H groups in total. The van der Waals surface area contributed by atoms with Gasteiger partial charge >= 0.3 is 6.03 Å². The first-order valence-corrected chi connectivity index (χ1v) is 4.47. The number of rotatable bonds is 1. The summed E-state index contributed by atoms with van der Waals surface area (Å²) in [6, 6.07) is -1.06. The number of carbonyl (C=O) groups excluding carboxylic acids is 1. The Morgan fingerprint density at radius 2 is 1.73 bits per heavy atom. The molecule has 0 aliphatic heterocycles. The van der Waals surface area contributed by atoms with Crippen LogP contribution in [-0.4, -0.2) is 19.2 Å². The van der Waals surface area contributed by atoms with Gasteiger partial charge in [0.2, 0.25) is 10.0 Å². The molecule has 0 atom stereocenters. The van der Waals surface area contributed by atoms with E-state index in [2.05, 4.69) is 5.73 Å². The van der Waals surface area contributed by atoms with Crippen molar-refractivity contribution in [2.75, 3.05) is 0 Å². The smallest absolute Gasteiger partial charge is 0.325 e. The first-order valence-electron chi connectivity index (χ1n) is 2.98. The second-order valence-corrected chi connectivity index (χ2v) is 5.52. The van der Waals surface area contributed by atoms with Crippen LogP contribution >= 0.6 is 0 Å². The summed E-state index contributed by atoms with van der Waals surface area (Å²) in [7, 11) is -3.62. The second-order valence-electron chi connectivity index (χ2n) is 3.08. The van der Waals surface area contributed by atoms with Gasteiger partial charge in [0.25, 0.3) is 0 Å². The Hall–Kier alpha value is -0.780. The Labute approximate surface area is 66.0 Å².